The summed E-state index contributed by atoms with van der Waals surface area (Å²) >= 11 is 3.57. The van der Waals surface area contributed by atoms with E-state index in [-0.39, 0.29) is 5.91 Å². The molecule has 96 valence electrons. The quantitative estimate of drug-likeness (QED) is 0.848. The first-order valence-corrected chi connectivity index (χ1v) is 6.74. The van der Waals surface area contributed by atoms with Crippen molar-refractivity contribution in [2.75, 3.05) is 6.54 Å². The fourth-order valence-corrected chi connectivity index (χ4v) is 2.63. The van der Waals surface area contributed by atoms with Gasteiger partial charge in [0.1, 0.15) is 0 Å². The number of alkyl halides is 1. The molecule has 0 spiro atoms. The van der Waals surface area contributed by atoms with Crippen LogP contribution < -0.4 is 5.32 Å². The molecule has 1 aromatic heterocycles. The highest BCUT2D eigenvalue weighted by Crippen LogP contribution is 2.12. The number of amides is 1. The molecule has 1 heterocycles. The highest BCUT2D eigenvalue weighted by atomic mass is 79.9. The largest absolute Gasteiger partial charge is 0.351 e. The summed E-state index contributed by atoms with van der Waals surface area (Å²) < 4.78 is 1.66. The van der Waals surface area contributed by atoms with Crippen molar-refractivity contribution in [1.82, 2.24) is 15.1 Å². The normalized spacial score (nSPS) is 12.8. The number of nitrogens with one attached hydrogen (secondary N) is 1. The standard InChI is InChI=1S/C12H20BrN3O/c1-8(2)5-10(13)6-14-12(17)11-7-16(4)15-9(11)3/h7-8,10H,5-6H2,1-4H3,(H,14,17). The van der Waals surface area contributed by atoms with Crippen molar-refractivity contribution in [1.29, 1.82) is 0 Å². The van der Waals surface area contributed by atoms with Gasteiger partial charge in [-0.15, -0.1) is 0 Å². The topological polar surface area (TPSA) is 46.9 Å². The second kappa shape index (κ2) is 6.19. The SMILES string of the molecule is Cc1nn(C)cc1C(=O)NCC(Br)CC(C)C. The van der Waals surface area contributed by atoms with E-state index in [0.717, 1.165) is 12.1 Å². The van der Waals surface area contributed by atoms with Crippen LogP contribution in [-0.2, 0) is 7.05 Å². The Morgan fingerprint density at radius 2 is 2.24 bits per heavy atom. The van der Waals surface area contributed by atoms with Gasteiger partial charge in [0.15, 0.2) is 0 Å². The van der Waals surface area contributed by atoms with Gasteiger partial charge < -0.3 is 5.32 Å². The molecule has 0 fully saturated rings. The van der Waals surface area contributed by atoms with Crippen LogP contribution in [0.3, 0.4) is 0 Å². The predicted octanol–water partition coefficient (Wildman–Crippen LogP) is 2.27. The van der Waals surface area contributed by atoms with Gasteiger partial charge in [-0.05, 0) is 19.3 Å². The Morgan fingerprint density at radius 1 is 1.59 bits per heavy atom. The third-order valence-corrected chi connectivity index (χ3v) is 3.17. The van der Waals surface area contributed by atoms with Crippen LogP contribution in [0.2, 0.25) is 0 Å². The summed E-state index contributed by atoms with van der Waals surface area (Å²) in [5, 5.41) is 7.07. The van der Waals surface area contributed by atoms with E-state index in [1.807, 2.05) is 14.0 Å². The predicted molar refractivity (Wildman–Crippen MR) is 72.4 cm³/mol. The highest BCUT2D eigenvalue weighted by molar-refractivity contribution is 9.09. The van der Waals surface area contributed by atoms with E-state index in [0.29, 0.717) is 22.9 Å². The molecule has 1 atom stereocenters. The molecule has 1 unspecified atom stereocenters. The molecule has 0 saturated heterocycles. The summed E-state index contributed by atoms with van der Waals surface area (Å²) in [5.74, 6) is 0.570. The van der Waals surface area contributed by atoms with Gasteiger partial charge in [-0.25, -0.2) is 0 Å². The van der Waals surface area contributed by atoms with Gasteiger partial charge in [0.05, 0.1) is 11.3 Å². The van der Waals surface area contributed by atoms with Crippen molar-refractivity contribution in [3.05, 3.63) is 17.5 Å². The third-order valence-electron chi connectivity index (χ3n) is 2.47. The molecule has 1 aromatic rings. The maximum Gasteiger partial charge on any atom is 0.254 e. The number of aryl methyl sites for hydroxylation is 2. The Hall–Kier alpha value is -0.840. The van der Waals surface area contributed by atoms with E-state index in [2.05, 4.69) is 40.2 Å². The Labute approximate surface area is 111 Å². The van der Waals surface area contributed by atoms with Crippen LogP contribution in [0, 0.1) is 12.8 Å². The van der Waals surface area contributed by atoms with Crippen LogP contribution in [0.4, 0.5) is 0 Å². The number of hydrogen-bond donors (Lipinski definition) is 1. The lowest BCUT2D eigenvalue weighted by Crippen LogP contribution is -2.30. The zero-order chi connectivity index (χ0) is 13.0. The first-order valence-electron chi connectivity index (χ1n) is 5.82. The molecule has 1 amide bonds. The van der Waals surface area contributed by atoms with E-state index < -0.39 is 0 Å². The molecule has 0 aromatic carbocycles. The molecule has 1 rings (SSSR count). The number of carbonyl (C=O) groups excluding carboxylic acids is 1. The summed E-state index contributed by atoms with van der Waals surface area (Å²) in [6, 6.07) is 0. The lowest BCUT2D eigenvalue weighted by Gasteiger charge is -2.12. The molecule has 0 aliphatic heterocycles. The minimum absolute atomic E-state index is 0.0520. The molecule has 4 nitrogen and oxygen atoms in total. The lowest BCUT2D eigenvalue weighted by atomic mass is 10.1. The molecule has 0 aliphatic carbocycles. The maximum atomic E-state index is 11.9. The first kappa shape index (κ1) is 14.2. The molecule has 5 heteroatoms. The lowest BCUT2D eigenvalue weighted by molar-refractivity contribution is 0.0952. The number of halogens is 1. The second-order valence-electron chi connectivity index (χ2n) is 4.74. The molecule has 0 aliphatic rings. The van der Waals surface area contributed by atoms with Crippen molar-refractivity contribution in [2.45, 2.75) is 32.0 Å². The first-order chi connectivity index (χ1) is 7.90. The van der Waals surface area contributed by atoms with Crippen LogP contribution in [0.15, 0.2) is 6.20 Å². The molecular formula is C12H20BrN3O. The van der Waals surface area contributed by atoms with Crippen molar-refractivity contribution in [2.24, 2.45) is 13.0 Å². The van der Waals surface area contributed by atoms with Gasteiger partial charge in [0.2, 0.25) is 0 Å². The fraction of sp³-hybridized carbons (Fsp3) is 0.667. The maximum absolute atomic E-state index is 11.9. The number of aromatic nitrogens is 2. The molecule has 1 N–H and O–H groups in total. The molecule has 17 heavy (non-hydrogen) atoms. The zero-order valence-electron chi connectivity index (χ0n) is 10.8. The summed E-state index contributed by atoms with van der Waals surface area (Å²) in [6.45, 7) is 6.82. The second-order valence-corrected chi connectivity index (χ2v) is 6.03. The smallest absolute Gasteiger partial charge is 0.254 e. The molecular weight excluding hydrogens is 282 g/mol. The van der Waals surface area contributed by atoms with Crippen molar-refractivity contribution >= 4 is 21.8 Å². The van der Waals surface area contributed by atoms with Crippen LogP contribution in [0.25, 0.3) is 0 Å². The molecule has 0 bridgehead atoms. The Bertz CT molecular complexity index is 387. The van der Waals surface area contributed by atoms with Crippen molar-refractivity contribution in [3.63, 3.8) is 0 Å². The number of rotatable bonds is 5. The van der Waals surface area contributed by atoms with E-state index >= 15 is 0 Å². The van der Waals surface area contributed by atoms with Gasteiger partial charge in [0, 0.05) is 24.6 Å². The minimum atomic E-state index is -0.0520. The van der Waals surface area contributed by atoms with Crippen LogP contribution in [0.1, 0.15) is 36.3 Å². The van der Waals surface area contributed by atoms with E-state index in [4.69, 9.17) is 0 Å². The summed E-state index contributed by atoms with van der Waals surface area (Å²) in [4.78, 5) is 12.2. The van der Waals surface area contributed by atoms with Gasteiger partial charge in [-0.3, -0.25) is 9.48 Å². The van der Waals surface area contributed by atoms with Gasteiger partial charge >= 0.3 is 0 Å². The van der Waals surface area contributed by atoms with Crippen LogP contribution in [-0.4, -0.2) is 27.1 Å². The zero-order valence-corrected chi connectivity index (χ0v) is 12.4. The number of carbonyl (C=O) groups is 1. The average Bonchev–Trinajstić information content (AvgIpc) is 2.53. The van der Waals surface area contributed by atoms with E-state index in [1.54, 1.807) is 10.9 Å². The third kappa shape index (κ3) is 4.50. The van der Waals surface area contributed by atoms with E-state index in [9.17, 15) is 4.79 Å². The van der Waals surface area contributed by atoms with Crippen molar-refractivity contribution in [3.8, 4) is 0 Å². The monoisotopic (exact) mass is 301 g/mol. The summed E-state index contributed by atoms with van der Waals surface area (Å²) in [7, 11) is 1.82. The minimum Gasteiger partial charge on any atom is -0.351 e. The Balaban J connectivity index is 2.47. The average molecular weight is 302 g/mol. The summed E-state index contributed by atoms with van der Waals surface area (Å²) in [5.41, 5.74) is 1.41. The molecule has 0 radical (unpaired) electrons. The van der Waals surface area contributed by atoms with Gasteiger partial charge in [-0.2, -0.15) is 5.10 Å². The van der Waals surface area contributed by atoms with Gasteiger partial charge in [0.25, 0.3) is 5.91 Å². The number of hydrogen-bond acceptors (Lipinski definition) is 2. The highest BCUT2D eigenvalue weighted by Gasteiger charge is 2.14. The number of nitrogens with zero attached hydrogens (tertiary/aromatic N) is 2. The molecule has 0 saturated carbocycles. The van der Waals surface area contributed by atoms with Crippen LogP contribution in [0.5, 0.6) is 0 Å². The van der Waals surface area contributed by atoms with Crippen molar-refractivity contribution < 1.29 is 4.79 Å². The van der Waals surface area contributed by atoms with Crippen LogP contribution >= 0.6 is 15.9 Å². The Kier molecular flexibility index (Phi) is 5.18. The summed E-state index contributed by atoms with van der Waals surface area (Å²) in [6.07, 6.45) is 2.79. The Morgan fingerprint density at radius 3 is 2.71 bits per heavy atom. The van der Waals surface area contributed by atoms with Gasteiger partial charge in [-0.1, -0.05) is 29.8 Å². The fourth-order valence-electron chi connectivity index (χ4n) is 1.72. The van der Waals surface area contributed by atoms with E-state index in [1.165, 1.54) is 0 Å².